The van der Waals surface area contributed by atoms with E-state index in [9.17, 15) is 0 Å². The lowest BCUT2D eigenvalue weighted by Gasteiger charge is -1.87. The van der Waals surface area contributed by atoms with E-state index in [-0.39, 0.29) is 0 Å². The Morgan fingerprint density at radius 2 is 2.33 bits per heavy atom. The summed E-state index contributed by atoms with van der Waals surface area (Å²) in [4.78, 5) is 0. The molecule has 50 valence electrons. The van der Waals surface area contributed by atoms with Crippen LogP contribution in [0.4, 0.5) is 0 Å². The van der Waals surface area contributed by atoms with Gasteiger partial charge in [-0.05, 0) is 6.42 Å². The number of rotatable bonds is 3. The second-order valence-electron chi connectivity index (χ2n) is 2.86. The zero-order chi connectivity index (χ0) is 6.69. The second-order valence-corrected chi connectivity index (χ2v) is 4.20. The molecule has 0 aromatic rings. The van der Waals surface area contributed by atoms with Crippen LogP contribution in [0.15, 0.2) is 12.1 Å². The molecular formula is C7H13BS. The van der Waals surface area contributed by atoms with Crippen LogP contribution in [-0.2, 0) is 0 Å². The number of hydrogen-bond acceptors (Lipinski definition) is 1. The van der Waals surface area contributed by atoms with E-state index in [1.165, 1.54) is 12.2 Å². The lowest BCUT2D eigenvalue weighted by molar-refractivity contribution is 1.08. The minimum atomic E-state index is 0.730. The molecule has 1 fully saturated rings. The molecule has 0 bridgehead atoms. The van der Waals surface area contributed by atoms with E-state index in [4.69, 9.17) is 0 Å². The summed E-state index contributed by atoms with van der Waals surface area (Å²) in [5.74, 6) is 3.68. The number of hydrogen-bond donors (Lipinski definition) is 0. The van der Waals surface area contributed by atoms with Crippen LogP contribution < -0.4 is 0 Å². The standard InChI is InChI=1S/C7H13BS/c1-8(2)5-3-4-7-6-9-7/h3,5,7H,4,6H2,1-2H3/b5-3+. The Morgan fingerprint density at radius 1 is 1.67 bits per heavy atom. The van der Waals surface area contributed by atoms with Crippen molar-refractivity contribution in [2.45, 2.75) is 25.3 Å². The van der Waals surface area contributed by atoms with Crippen LogP contribution in [-0.4, -0.2) is 17.7 Å². The van der Waals surface area contributed by atoms with E-state index in [0.29, 0.717) is 0 Å². The Labute approximate surface area is 62.2 Å². The largest absolute Gasteiger partial charge is 0.159 e. The van der Waals surface area contributed by atoms with Crippen LogP contribution in [0.1, 0.15) is 6.42 Å². The summed E-state index contributed by atoms with van der Waals surface area (Å²) < 4.78 is 0. The molecule has 9 heavy (non-hydrogen) atoms. The van der Waals surface area contributed by atoms with Crippen LogP contribution in [0.2, 0.25) is 13.6 Å². The Kier molecular flexibility index (Phi) is 2.71. The van der Waals surface area contributed by atoms with Gasteiger partial charge in [0, 0.05) is 11.0 Å². The SMILES string of the molecule is CB(C)/C=C/CC1CS1. The highest BCUT2D eigenvalue weighted by molar-refractivity contribution is 8.06. The van der Waals surface area contributed by atoms with Gasteiger partial charge < -0.3 is 0 Å². The van der Waals surface area contributed by atoms with E-state index in [1.54, 1.807) is 0 Å². The summed E-state index contributed by atoms with van der Waals surface area (Å²) >= 11 is 2.07. The van der Waals surface area contributed by atoms with Gasteiger partial charge in [-0.25, -0.2) is 0 Å². The fraction of sp³-hybridized carbons (Fsp3) is 0.714. The van der Waals surface area contributed by atoms with Gasteiger partial charge in [0.05, 0.1) is 0 Å². The van der Waals surface area contributed by atoms with Crippen LogP contribution in [0.25, 0.3) is 0 Å². The summed E-state index contributed by atoms with van der Waals surface area (Å²) in [7, 11) is 0. The molecule has 1 rings (SSSR count). The maximum absolute atomic E-state index is 2.31. The Balaban J connectivity index is 2.01. The molecule has 2 heteroatoms. The maximum atomic E-state index is 2.31. The quantitative estimate of drug-likeness (QED) is 0.428. The van der Waals surface area contributed by atoms with E-state index in [2.05, 4.69) is 37.5 Å². The molecule has 1 aliphatic rings. The first-order valence-electron chi connectivity index (χ1n) is 3.57. The van der Waals surface area contributed by atoms with E-state index in [0.717, 1.165) is 12.0 Å². The van der Waals surface area contributed by atoms with E-state index < -0.39 is 0 Å². The Morgan fingerprint density at radius 3 is 2.78 bits per heavy atom. The molecule has 1 heterocycles. The smallest absolute Gasteiger partial charge is 0.156 e. The van der Waals surface area contributed by atoms with Crippen molar-refractivity contribution in [3.8, 4) is 0 Å². The zero-order valence-electron chi connectivity index (χ0n) is 6.13. The molecule has 0 radical (unpaired) electrons. The number of thioether (sulfide) groups is 1. The van der Waals surface area contributed by atoms with Gasteiger partial charge in [-0.15, -0.1) is 5.98 Å². The Bertz CT molecular complexity index is 105. The third-order valence-electron chi connectivity index (χ3n) is 1.32. The van der Waals surface area contributed by atoms with E-state index in [1.807, 2.05) is 0 Å². The molecule has 0 aliphatic carbocycles. The molecule has 0 spiro atoms. The van der Waals surface area contributed by atoms with E-state index >= 15 is 0 Å². The van der Waals surface area contributed by atoms with Crippen LogP contribution in [0.3, 0.4) is 0 Å². The molecule has 0 amide bonds. The minimum absolute atomic E-state index is 0.730. The number of allylic oxidation sites excluding steroid dienone is 1. The first-order valence-corrected chi connectivity index (χ1v) is 4.62. The highest BCUT2D eigenvalue weighted by Gasteiger charge is 2.19. The molecule has 1 aliphatic heterocycles. The van der Waals surface area contributed by atoms with Gasteiger partial charge >= 0.3 is 0 Å². The summed E-state index contributed by atoms with van der Waals surface area (Å²) in [5.41, 5.74) is 0. The second kappa shape index (κ2) is 3.36. The molecule has 1 saturated heterocycles. The van der Waals surface area contributed by atoms with Crippen molar-refractivity contribution in [1.82, 2.24) is 0 Å². The third-order valence-corrected chi connectivity index (χ3v) is 2.32. The maximum Gasteiger partial charge on any atom is 0.159 e. The monoisotopic (exact) mass is 140 g/mol. The summed E-state index contributed by atoms with van der Waals surface area (Å²) in [5, 5.41) is 0.972. The molecule has 1 atom stereocenters. The summed E-state index contributed by atoms with van der Waals surface area (Å²) in [6, 6.07) is 0. The molecular weight excluding hydrogens is 127 g/mol. The van der Waals surface area contributed by atoms with Gasteiger partial charge in [-0.3, -0.25) is 0 Å². The third kappa shape index (κ3) is 3.69. The van der Waals surface area contributed by atoms with Gasteiger partial charge in [0.25, 0.3) is 0 Å². The van der Waals surface area contributed by atoms with Gasteiger partial charge in [-0.1, -0.05) is 19.7 Å². The van der Waals surface area contributed by atoms with Crippen LogP contribution >= 0.6 is 11.8 Å². The summed E-state index contributed by atoms with van der Waals surface area (Å²) in [6.45, 7) is 5.17. The topological polar surface area (TPSA) is 0 Å². The predicted molar refractivity (Wildman–Crippen MR) is 47.5 cm³/mol. The van der Waals surface area contributed by atoms with Crippen molar-refractivity contribution in [2.75, 3.05) is 5.75 Å². The van der Waals surface area contributed by atoms with Crippen molar-refractivity contribution < 1.29 is 0 Å². The van der Waals surface area contributed by atoms with Crippen molar-refractivity contribution >= 4 is 18.5 Å². The molecule has 0 N–H and O–H groups in total. The van der Waals surface area contributed by atoms with Crippen molar-refractivity contribution in [3.63, 3.8) is 0 Å². The van der Waals surface area contributed by atoms with Crippen LogP contribution in [0, 0.1) is 0 Å². The average molecular weight is 140 g/mol. The lowest BCUT2D eigenvalue weighted by Crippen LogP contribution is -1.92. The zero-order valence-corrected chi connectivity index (χ0v) is 6.95. The molecule has 0 nitrogen and oxygen atoms in total. The fourth-order valence-corrected chi connectivity index (χ4v) is 1.23. The van der Waals surface area contributed by atoms with Crippen molar-refractivity contribution in [3.05, 3.63) is 12.1 Å². The van der Waals surface area contributed by atoms with Gasteiger partial charge in [0.2, 0.25) is 0 Å². The van der Waals surface area contributed by atoms with Crippen molar-refractivity contribution in [2.24, 2.45) is 0 Å². The summed E-state index contributed by atoms with van der Waals surface area (Å²) in [6.07, 6.45) is 3.61. The first kappa shape index (κ1) is 7.26. The normalized spacial score (nSPS) is 24.9. The molecule has 0 saturated carbocycles. The first-order chi connectivity index (χ1) is 4.29. The van der Waals surface area contributed by atoms with Gasteiger partial charge in [0.15, 0.2) is 6.71 Å². The highest BCUT2D eigenvalue weighted by Crippen LogP contribution is 2.33. The lowest BCUT2D eigenvalue weighted by atomic mass is 9.55. The molecule has 0 aromatic heterocycles. The highest BCUT2D eigenvalue weighted by atomic mass is 32.2. The predicted octanol–water partition coefficient (Wildman–Crippen LogP) is 2.34. The molecule has 0 aromatic carbocycles. The van der Waals surface area contributed by atoms with Gasteiger partial charge in [0.1, 0.15) is 0 Å². The molecule has 1 unspecified atom stereocenters. The minimum Gasteiger partial charge on any atom is -0.156 e. The average Bonchev–Trinajstić information content (AvgIpc) is 2.48. The van der Waals surface area contributed by atoms with Crippen molar-refractivity contribution in [1.29, 1.82) is 0 Å². The Hall–Kier alpha value is 0.155. The van der Waals surface area contributed by atoms with Gasteiger partial charge in [-0.2, -0.15) is 11.8 Å². The fourth-order valence-electron chi connectivity index (χ4n) is 0.707. The van der Waals surface area contributed by atoms with Crippen LogP contribution in [0.5, 0.6) is 0 Å².